The SMILES string of the molecule is CCCCCCCCCCc1ccc(P(c2ccc(CCCCCCCCCC)cc2)N(c2ccc([Si](CCCC)(CCCC)CCCC)cc2C)P(c2ccc(CCCCCCCCCC)cc2)c2ccc(CCCCCCCCCC)cc2)cc1. The van der Waals surface area contributed by atoms with Crippen LogP contribution in [-0.4, -0.2) is 8.07 Å². The first-order chi connectivity index (χ1) is 42.8. The van der Waals surface area contributed by atoms with Gasteiger partial charge in [-0.25, -0.2) is 0 Å². The largest absolute Gasteiger partial charge is 0.313 e. The molecule has 0 unspecified atom stereocenters. The highest BCUT2D eigenvalue weighted by Crippen LogP contribution is 2.58. The molecule has 484 valence electrons. The second kappa shape index (κ2) is 47.0. The minimum absolute atomic E-state index is 1.02. The lowest BCUT2D eigenvalue weighted by molar-refractivity contribution is 0.575. The molecule has 0 aliphatic rings. The van der Waals surface area contributed by atoms with Crippen LogP contribution < -0.4 is 30.8 Å². The van der Waals surface area contributed by atoms with Crippen molar-refractivity contribution in [3.8, 4) is 0 Å². The second-order valence-electron chi connectivity index (χ2n) is 27.1. The van der Waals surface area contributed by atoms with Crippen molar-refractivity contribution in [2.75, 3.05) is 4.44 Å². The van der Waals surface area contributed by atoms with Crippen molar-refractivity contribution in [3.63, 3.8) is 0 Å². The number of hydrogen-bond donors (Lipinski definition) is 0. The number of unbranched alkanes of at least 4 members (excludes halogenated alkanes) is 31. The first-order valence-corrected chi connectivity index (χ1v) is 42.9. The molecule has 0 bridgehead atoms. The van der Waals surface area contributed by atoms with E-state index in [1.807, 2.05) is 0 Å². The summed E-state index contributed by atoms with van der Waals surface area (Å²) in [5.74, 6) is 0. The predicted molar refractivity (Wildman–Crippen MR) is 402 cm³/mol. The van der Waals surface area contributed by atoms with Crippen LogP contribution in [0.1, 0.15) is 320 Å². The first kappa shape index (κ1) is 74.7. The predicted octanol–water partition coefficient (Wildman–Crippen LogP) is 25.7. The molecule has 87 heavy (non-hydrogen) atoms. The summed E-state index contributed by atoms with van der Waals surface area (Å²) in [5, 5.41) is 7.65. The summed E-state index contributed by atoms with van der Waals surface area (Å²) >= 11 is 0. The zero-order valence-corrected chi connectivity index (χ0v) is 60.9. The van der Waals surface area contributed by atoms with Gasteiger partial charge in [0.05, 0.1) is 24.2 Å². The fourth-order valence-corrected chi connectivity index (χ4v) is 25.4. The normalized spacial score (nSPS) is 11.9. The molecule has 0 saturated carbocycles. The average Bonchev–Trinajstić information content (AvgIpc) is 0.943. The van der Waals surface area contributed by atoms with Crippen molar-refractivity contribution >= 4 is 56.3 Å². The molecule has 0 heterocycles. The maximum absolute atomic E-state index is 3.07. The smallest absolute Gasteiger partial charge is 0.0867 e. The lowest BCUT2D eigenvalue weighted by Gasteiger charge is -2.42. The number of aryl methyl sites for hydroxylation is 5. The topological polar surface area (TPSA) is 3.24 Å². The Balaban J connectivity index is 1.66. The van der Waals surface area contributed by atoms with Gasteiger partial charge in [-0.1, -0.05) is 399 Å². The number of anilines is 1. The van der Waals surface area contributed by atoms with Crippen LogP contribution in [0.4, 0.5) is 5.69 Å². The molecule has 0 aromatic heterocycles. The van der Waals surface area contributed by atoms with E-state index in [4.69, 9.17) is 0 Å². The van der Waals surface area contributed by atoms with E-state index in [9.17, 15) is 0 Å². The molecule has 0 saturated heterocycles. The molecular weight excluding hydrogens is 1100 g/mol. The Morgan fingerprint density at radius 1 is 0.264 bits per heavy atom. The summed E-state index contributed by atoms with van der Waals surface area (Å²) in [4.78, 5) is 0. The lowest BCUT2D eigenvalue weighted by Crippen LogP contribution is -2.47. The summed E-state index contributed by atoms with van der Waals surface area (Å²) in [7, 11) is -3.80. The van der Waals surface area contributed by atoms with Crippen LogP contribution in [-0.2, 0) is 25.7 Å². The van der Waals surface area contributed by atoms with Crippen LogP contribution >= 0.6 is 16.1 Å². The van der Waals surface area contributed by atoms with Gasteiger partial charge in [0.2, 0.25) is 0 Å². The third-order valence-corrected chi connectivity index (χ3v) is 30.3. The zero-order valence-electron chi connectivity index (χ0n) is 58.1. The van der Waals surface area contributed by atoms with Gasteiger partial charge in [0.1, 0.15) is 0 Å². The summed E-state index contributed by atoms with van der Waals surface area (Å²) in [6, 6.07) is 53.4. The molecule has 4 heteroatoms. The zero-order chi connectivity index (χ0) is 61.8. The van der Waals surface area contributed by atoms with E-state index in [-0.39, 0.29) is 0 Å². The van der Waals surface area contributed by atoms with Crippen molar-refractivity contribution in [1.82, 2.24) is 0 Å². The molecule has 0 atom stereocenters. The van der Waals surface area contributed by atoms with Gasteiger partial charge >= 0.3 is 0 Å². The Bertz CT molecular complexity index is 2150. The molecule has 1 nitrogen and oxygen atoms in total. The number of benzene rings is 5. The van der Waals surface area contributed by atoms with E-state index in [0.717, 1.165) is 0 Å². The molecule has 5 rings (SSSR count). The summed E-state index contributed by atoms with van der Waals surface area (Å²) in [6.45, 7) is 19.1. The van der Waals surface area contributed by atoms with Crippen LogP contribution in [0.15, 0.2) is 115 Å². The van der Waals surface area contributed by atoms with Crippen molar-refractivity contribution in [1.29, 1.82) is 0 Å². The number of nitrogens with zero attached hydrogens (tertiary/aromatic N) is 1. The minimum atomic E-state index is -1.77. The van der Waals surface area contributed by atoms with Crippen molar-refractivity contribution in [3.05, 3.63) is 143 Å². The molecule has 0 aliphatic carbocycles. The highest BCUT2D eigenvalue weighted by molar-refractivity contribution is 7.90. The lowest BCUT2D eigenvalue weighted by atomic mass is 10.0. The third kappa shape index (κ3) is 28.2. The third-order valence-electron chi connectivity index (χ3n) is 19.4. The second-order valence-corrected chi connectivity index (χ2v) is 36.1. The van der Waals surface area contributed by atoms with Crippen LogP contribution in [0.5, 0.6) is 0 Å². The molecule has 5 aromatic carbocycles. The van der Waals surface area contributed by atoms with Crippen LogP contribution in [0.2, 0.25) is 18.1 Å². The molecule has 0 spiro atoms. The maximum Gasteiger partial charge on any atom is 0.0867 e. The van der Waals surface area contributed by atoms with E-state index < -0.39 is 24.2 Å². The van der Waals surface area contributed by atoms with Gasteiger partial charge in [-0.15, -0.1) is 0 Å². The molecule has 0 N–H and O–H groups in total. The Kier molecular flexibility index (Phi) is 40.3. The van der Waals surface area contributed by atoms with E-state index in [1.165, 1.54) is 343 Å². The van der Waals surface area contributed by atoms with Gasteiger partial charge in [0, 0.05) is 26.9 Å². The van der Waals surface area contributed by atoms with Crippen LogP contribution in [0, 0.1) is 6.92 Å². The van der Waals surface area contributed by atoms with Crippen molar-refractivity contribution in [2.45, 2.75) is 343 Å². The summed E-state index contributed by atoms with van der Waals surface area (Å²) in [5.41, 5.74) is 8.92. The molecule has 0 amide bonds. The van der Waals surface area contributed by atoms with E-state index in [1.54, 1.807) is 5.19 Å². The quantitative estimate of drug-likeness (QED) is 0.0213. The first-order valence-electron chi connectivity index (χ1n) is 37.7. The van der Waals surface area contributed by atoms with E-state index >= 15 is 0 Å². The number of hydrogen-bond acceptors (Lipinski definition) is 1. The molecule has 0 radical (unpaired) electrons. The molecular formula is C83H133NP2Si. The van der Waals surface area contributed by atoms with Gasteiger partial charge in [0.15, 0.2) is 0 Å². The Morgan fingerprint density at radius 3 is 0.724 bits per heavy atom. The van der Waals surface area contributed by atoms with E-state index in [0.29, 0.717) is 0 Å². The van der Waals surface area contributed by atoms with Gasteiger partial charge in [-0.05, 0) is 92.2 Å². The minimum Gasteiger partial charge on any atom is -0.313 e. The highest BCUT2D eigenvalue weighted by Gasteiger charge is 2.37. The maximum atomic E-state index is 3.07. The van der Waals surface area contributed by atoms with Gasteiger partial charge in [-0.3, -0.25) is 0 Å². The Morgan fingerprint density at radius 2 is 0.494 bits per heavy atom. The van der Waals surface area contributed by atoms with Crippen molar-refractivity contribution < 1.29 is 0 Å². The standard InChI is InChI=1S/C83H133NP2Si/c1-9-16-23-27-31-35-39-43-47-74-51-59-78(60-52-74)85(79-61-53-75(54-62-79)48-44-40-36-32-28-24-17-10-2)84(83-68-67-82(72-73(83)8)87(69-20-13-5,70-21-14-6)71-22-15-7)86(80-63-55-76(56-64-80)49-45-41-37-33-29-25-18-11-3)81-65-57-77(58-66-81)50-46-42-38-34-30-26-19-12-4/h51-68,72H,9-50,69-71H2,1-8H3. The van der Waals surface area contributed by atoms with Crippen molar-refractivity contribution in [2.24, 2.45) is 0 Å². The Hall–Kier alpha value is -3.02. The van der Waals surface area contributed by atoms with Gasteiger partial charge < -0.3 is 4.44 Å². The monoisotopic (exact) mass is 1230 g/mol. The summed E-state index contributed by atoms with van der Waals surface area (Å²) < 4.78 is 3.07. The van der Waals surface area contributed by atoms with Gasteiger partial charge in [-0.2, -0.15) is 0 Å². The van der Waals surface area contributed by atoms with Crippen LogP contribution in [0.25, 0.3) is 0 Å². The molecule has 0 aliphatic heterocycles. The number of rotatable bonds is 53. The highest BCUT2D eigenvalue weighted by atomic mass is 31.2. The Labute approximate surface area is 543 Å². The summed E-state index contributed by atoms with van der Waals surface area (Å²) in [6.07, 6.45) is 56.3. The average molecular weight is 1240 g/mol. The molecule has 0 fully saturated rings. The molecule has 5 aromatic rings. The fraction of sp³-hybridized carbons (Fsp3) is 0.639. The fourth-order valence-electron chi connectivity index (χ4n) is 13.7. The van der Waals surface area contributed by atoms with Gasteiger partial charge in [0.25, 0.3) is 0 Å². The van der Waals surface area contributed by atoms with E-state index in [2.05, 4.69) is 175 Å². The van der Waals surface area contributed by atoms with Crippen LogP contribution in [0.3, 0.4) is 0 Å².